The molecule has 0 bridgehead atoms. The van der Waals surface area contributed by atoms with Gasteiger partial charge >= 0.3 is 10.3 Å². The molecule has 2 aromatic carbocycles. The van der Waals surface area contributed by atoms with Gasteiger partial charge in [0.1, 0.15) is 0 Å². The molecular weight excluding hydrogens is 457 g/mol. The third kappa shape index (κ3) is 6.61. The molecule has 1 N–H and O–H groups in total. The molecule has 5 nitrogen and oxygen atoms in total. The van der Waals surface area contributed by atoms with Crippen LogP contribution in [0.4, 0.5) is 0 Å². The van der Waals surface area contributed by atoms with E-state index < -0.39 is 16.2 Å². The highest BCUT2D eigenvalue weighted by Gasteiger charge is 2.24. The van der Waals surface area contributed by atoms with Crippen molar-refractivity contribution in [3.8, 4) is 5.75 Å². The minimum atomic E-state index is -4.46. The number of rotatable bonds is 8. The van der Waals surface area contributed by atoms with Crippen LogP contribution in [0.25, 0.3) is 0 Å². The SMILES string of the molecule is CC(C)c1cc(C(C)C)c(CC(=O)NS(=O)(=O)Oc2c(Cl)cccc2Cl)c(C(C)C)c1. The number of hydrogen-bond donors (Lipinski definition) is 1. The Morgan fingerprint density at radius 3 is 1.84 bits per heavy atom. The van der Waals surface area contributed by atoms with Crippen LogP contribution in [0.2, 0.25) is 10.0 Å². The molecule has 0 aromatic heterocycles. The summed E-state index contributed by atoms with van der Waals surface area (Å²) in [7, 11) is -4.46. The first-order chi connectivity index (χ1) is 14.3. The Balaban J connectivity index is 2.34. The van der Waals surface area contributed by atoms with Crippen LogP contribution >= 0.6 is 23.2 Å². The normalized spacial score (nSPS) is 12.0. The van der Waals surface area contributed by atoms with Crippen molar-refractivity contribution in [2.75, 3.05) is 0 Å². The summed E-state index contributed by atoms with van der Waals surface area (Å²) in [6.45, 7) is 12.5. The van der Waals surface area contributed by atoms with Crippen LogP contribution in [0.5, 0.6) is 5.75 Å². The first kappa shape index (κ1) is 25.5. The average Bonchev–Trinajstić information content (AvgIpc) is 2.63. The predicted molar refractivity (Wildman–Crippen MR) is 127 cm³/mol. The monoisotopic (exact) mass is 485 g/mol. The summed E-state index contributed by atoms with van der Waals surface area (Å²) in [5.41, 5.74) is 4.12. The molecule has 1 amide bonds. The lowest BCUT2D eigenvalue weighted by molar-refractivity contribution is -0.118. The van der Waals surface area contributed by atoms with E-state index in [1.807, 2.05) is 4.72 Å². The molecule has 0 fully saturated rings. The second kappa shape index (κ2) is 10.2. The van der Waals surface area contributed by atoms with E-state index in [1.54, 1.807) is 6.07 Å². The minimum absolute atomic E-state index is 0.0267. The minimum Gasteiger partial charge on any atom is -0.364 e. The molecule has 170 valence electrons. The molecule has 0 spiro atoms. The van der Waals surface area contributed by atoms with Crippen molar-refractivity contribution < 1.29 is 17.4 Å². The number of nitrogens with one attached hydrogen (secondary N) is 1. The topological polar surface area (TPSA) is 72.5 Å². The number of para-hydroxylation sites is 1. The van der Waals surface area contributed by atoms with Gasteiger partial charge in [0.15, 0.2) is 5.75 Å². The fourth-order valence-electron chi connectivity index (χ4n) is 3.34. The van der Waals surface area contributed by atoms with Gasteiger partial charge in [-0.2, -0.15) is 8.42 Å². The van der Waals surface area contributed by atoms with Crippen molar-refractivity contribution >= 4 is 39.4 Å². The molecule has 0 aliphatic carbocycles. The maximum atomic E-state index is 12.7. The molecular formula is C23H29Cl2NO4S. The second-order valence-corrected chi connectivity index (χ2v) is 10.5. The molecule has 8 heteroatoms. The molecule has 0 aliphatic heterocycles. The summed E-state index contributed by atoms with van der Waals surface area (Å²) >= 11 is 11.9. The van der Waals surface area contributed by atoms with Crippen molar-refractivity contribution in [2.24, 2.45) is 0 Å². The summed E-state index contributed by atoms with van der Waals surface area (Å²) in [5, 5.41) is 0.0533. The highest BCUT2D eigenvalue weighted by atomic mass is 35.5. The fraction of sp³-hybridized carbons (Fsp3) is 0.435. The molecule has 0 radical (unpaired) electrons. The fourth-order valence-corrected chi connectivity index (χ4v) is 4.70. The third-order valence-electron chi connectivity index (χ3n) is 4.94. The highest BCUT2D eigenvalue weighted by Crippen LogP contribution is 2.34. The van der Waals surface area contributed by atoms with Gasteiger partial charge in [0, 0.05) is 0 Å². The lowest BCUT2D eigenvalue weighted by Gasteiger charge is -2.22. The third-order valence-corrected chi connectivity index (χ3v) is 6.40. The Morgan fingerprint density at radius 1 is 0.935 bits per heavy atom. The summed E-state index contributed by atoms with van der Waals surface area (Å²) in [4.78, 5) is 12.7. The summed E-state index contributed by atoms with van der Waals surface area (Å²) < 4.78 is 31.8. The number of hydrogen-bond acceptors (Lipinski definition) is 4. The summed E-state index contributed by atoms with van der Waals surface area (Å²) in [5.74, 6) is -0.225. The highest BCUT2D eigenvalue weighted by molar-refractivity contribution is 7.85. The van der Waals surface area contributed by atoms with Gasteiger partial charge in [-0.15, -0.1) is 0 Å². The standard InChI is InChI=1S/C23H29Cl2NO4S/c1-13(2)16-10-17(14(3)4)19(18(11-16)15(5)6)12-22(27)26-31(28,29)30-23-20(24)8-7-9-21(23)25/h7-11,13-15H,12H2,1-6H3,(H,26,27). The Bertz CT molecular complexity index is 1010. The van der Waals surface area contributed by atoms with Crippen LogP contribution in [0.3, 0.4) is 0 Å². The van der Waals surface area contributed by atoms with E-state index in [-0.39, 0.29) is 34.1 Å². The first-order valence-corrected chi connectivity index (χ1v) is 12.3. The van der Waals surface area contributed by atoms with Crippen LogP contribution in [0.15, 0.2) is 30.3 Å². The van der Waals surface area contributed by atoms with Gasteiger partial charge in [-0.05, 0) is 52.1 Å². The zero-order valence-electron chi connectivity index (χ0n) is 18.6. The maximum absolute atomic E-state index is 12.7. The molecule has 0 atom stereocenters. The van der Waals surface area contributed by atoms with Gasteiger partial charge in [0.2, 0.25) is 5.91 Å². The van der Waals surface area contributed by atoms with Gasteiger partial charge < -0.3 is 4.18 Å². The van der Waals surface area contributed by atoms with E-state index in [0.717, 1.165) is 16.7 Å². The number of halogens is 2. The largest absolute Gasteiger partial charge is 0.409 e. The Labute approximate surface area is 195 Å². The van der Waals surface area contributed by atoms with Crippen molar-refractivity contribution in [1.29, 1.82) is 0 Å². The molecule has 0 saturated heterocycles. The Morgan fingerprint density at radius 2 is 1.42 bits per heavy atom. The lowest BCUT2D eigenvalue weighted by atomic mass is 9.83. The van der Waals surface area contributed by atoms with Gasteiger partial charge in [-0.25, -0.2) is 4.72 Å². The Hall–Kier alpha value is -1.76. The van der Waals surface area contributed by atoms with Crippen LogP contribution in [0.1, 0.15) is 81.5 Å². The number of carbonyl (C=O) groups excluding carboxylic acids is 1. The predicted octanol–water partition coefficient (Wildman–Crippen LogP) is 6.35. The lowest BCUT2D eigenvalue weighted by Crippen LogP contribution is -2.35. The average molecular weight is 486 g/mol. The van der Waals surface area contributed by atoms with Gasteiger partial charge in [0.05, 0.1) is 16.5 Å². The number of carbonyl (C=O) groups is 1. The van der Waals surface area contributed by atoms with Gasteiger partial charge in [-0.1, -0.05) is 82.9 Å². The van der Waals surface area contributed by atoms with Crippen LogP contribution < -0.4 is 8.91 Å². The molecule has 0 unspecified atom stereocenters. The van der Waals surface area contributed by atoms with E-state index in [2.05, 4.69) is 53.7 Å². The van der Waals surface area contributed by atoms with Crippen molar-refractivity contribution in [3.63, 3.8) is 0 Å². The quantitative estimate of drug-likeness (QED) is 0.472. The molecule has 0 saturated carbocycles. The van der Waals surface area contributed by atoms with E-state index in [1.165, 1.54) is 17.7 Å². The van der Waals surface area contributed by atoms with Gasteiger partial charge in [-0.3, -0.25) is 4.79 Å². The van der Waals surface area contributed by atoms with E-state index in [9.17, 15) is 13.2 Å². The summed E-state index contributed by atoms with van der Waals surface area (Å²) in [6.07, 6.45) is -0.0851. The smallest absolute Gasteiger partial charge is 0.364 e. The molecule has 0 heterocycles. The van der Waals surface area contributed by atoms with E-state index in [0.29, 0.717) is 5.92 Å². The molecule has 2 aromatic rings. The van der Waals surface area contributed by atoms with Crippen molar-refractivity contribution in [1.82, 2.24) is 4.72 Å². The number of benzene rings is 2. The number of amides is 1. The maximum Gasteiger partial charge on any atom is 0.409 e. The zero-order valence-corrected chi connectivity index (χ0v) is 21.0. The van der Waals surface area contributed by atoms with Gasteiger partial charge in [0.25, 0.3) is 0 Å². The summed E-state index contributed by atoms with van der Waals surface area (Å²) in [6, 6.07) is 8.67. The second-order valence-electron chi connectivity index (χ2n) is 8.43. The van der Waals surface area contributed by atoms with Crippen LogP contribution in [0, 0.1) is 0 Å². The molecule has 31 heavy (non-hydrogen) atoms. The van der Waals surface area contributed by atoms with Crippen molar-refractivity contribution in [3.05, 3.63) is 62.6 Å². The van der Waals surface area contributed by atoms with Crippen LogP contribution in [-0.2, 0) is 21.5 Å². The van der Waals surface area contributed by atoms with Crippen LogP contribution in [-0.4, -0.2) is 14.3 Å². The van der Waals surface area contributed by atoms with E-state index in [4.69, 9.17) is 27.4 Å². The zero-order chi connectivity index (χ0) is 23.5. The Kier molecular flexibility index (Phi) is 8.42. The van der Waals surface area contributed by atoms with E-state index >= 15 is 0 Å². The van der Waals surface area contributed by atoms with Crippen molar-refractivity contribution in [2.45, 2.75) is 65.7 Å². The first-order valence-electron chi connectivity index (χ1n) is 10.2. The molecule has 0 aliphatic rings. The molecule has 2 rings (SSSR count).